The van der Waals surface area contributed by atoms with Gasteiger partial charge in [0.25, 0.3) is 0 Å². The molecule has 1 aromatic rings. The Hall–Kier alpha value is -1.46. The van der Waals surface area contributed by atoms with Crippen LogP contribution in [0.15, 0.2) is 18.2 Å². The molecule has 2 rings (SSSR count). The predicted octanol–water partition coefficient (Wildman–Crippen LogP) is 2.21. The van der Waals surface area contributed by atoms with E-state index >= 15 is 0 Å². The van der Waals surface area contributed by atoms with Crippen LogP contribution in [0.2, 0.25) is 0 Å². The summed E-state index contributed by atoms with van der Waals surface area (Å²) in [5, 5.41) is 6.06. The highest BCUT2D eigenvalue weighted by atomic mass is 35.5. The van der Waals surface area contributed by atoms with Crippen LogP contribution in [-0.2, 0) is 4.79 Å². The third kappa shape index (κ3) is 4.02. The summed E-state index contributed by atoms with van der Waals surface area (Å²) in [4.78, 5) is 12.0. The average Bonchev–Trinajstić information content (AvgIpc) is 2.94. The number of hydrogen-bond acceptors (Lipinski definition) is 4. The Morgan fingerprint density at radius 3 is 2.85 bits per heavy atom. The van der Waals surface area contributed by atoms with Crippen LogP contribution < -0.4 is 20.1 Å². The van der Waals surface area contributed by atoms with E-state index in [-0.39, 0.29) is 24.4 Å². The van der Waals surface area contributed by atoms with E-state index in [0.29, 0.717) is 18.1 Å². The van der Waals surface area contributed by atoms with Gasteiger partial charge in [0.1, 0.15) is 0 Å². The Morgan fingerprint density at radius 1 is 1.45 bits per heavy atom. The number of methoxy groups -OCH3 is 1. The molecule has 1 saturated heterocycles. The SMILES string of the molecule is CCOc1ccc(NC(=O)[C@@H]2CCCN2)cc1OC.Cl. The minimum Gasteiger partial charge on any atom is -0.493 e. The number of nitrogens with one attached hydrogen (secondary N) is 2. The minimum atomic E-state index is -0.0856. The van der Waals surface area contributed by atoms with Crippen molar-refractivity contribution in [1.82, 2.24) is 5.32 Å². The van der Waals surface area contributed by atoms with Gasteiger partial charge in [0.15, 0.2) is 11.5 Å². The number of carbonyl (C=O) groups excluding carboxylic acids is 1. The Balaban J connectivity index is 0.00000200. The lowest BCUT2D eigenvalue weighted by Crippen LogP contribution is -2.35. The van der Waals surface area contributed by atoms with Crippen LogP contribution in [0.4, 0.5) is 5.69 Å². The van der Waals surface area contributed by atoms with Crippen LogP contribution in [0.3, 0.4) is 0 Å². The third-order valence-electron chi connectivity index (χ3n) is 3.11. The molecule has 1 aliphatic rings. The summed E-state index contributed by atoms with van der Waals surface area (Å²) in [6, 6.07) is 5.32. The Morgan fingerprint density at radius 2 is 2.25 bits per heavy atom. The summed E-state index contributed by atoms with van der Waals surface area (Å²) >= 11 is 0. The molecule has 0 saturated carbocycles. The zero-order chi connectivity index (χ0) is 13.7. The number of halogens is 1. The molecule has 0 spiro atoms. The van der Waals surface area contributed by atoms with E-state index < -0.39 is 0 Å². The summed E-state index contributed by atoms with van der Waals surface area (Å²) in [5.74, 6) is 1.31. The molecule has 1 heterocycles. The fourth-order valence-electron chi connectivity index (χ4n) is 2.16. The Bertz CT molecular complexity index is 448. The topological polar surface area (TPSA) is 59.6 Å². The second-order valence-corrected chi connectivity index (χ2v) is 4.44. The van der Waals surface area contributed by atoms with Crippen molar-refractivity contribution in [1.29, 1.82) is 0 Å². The molecule has 6 heteroatoms. The number of benzene rings is 1. The van der Waals surface area contributed by atoms with E-state index in [2.05, 4.69) is 10.6 Å². The van der Waals surface area contributed by atoms with Gasteiger partial charge in [-0.15, -0.1) is 12.4 Å². The van der Waals surface area contributed by atoms with E-state index in [1.807, 2.05) is 13.0 Å². The number of carbonyl (C=O) groups is 1. The highest BCUT2D eigenvalue weighted by molar-refractivity contribution is 5.95. The van der Waals surface area contributed by atoms with Gasteiger partial charge in [0.05, 0.1) is 19.8 Å². The first-order chi connectivity index (χ1) is 9.24. The van der Waals surface area contributed by atoms with Crippen LogP contribution in [0.1, 0.15) is 19.8 Å². The van der Waals surface area contributed by atoms with E-state index in [0.717, 1.165) is 25.1 Å². The van der Waals surface area contributed by atoms with Gasteiger partial charge in [-0.25, -0.2) is 0 Å². The predicted molar refractivity (Wildman–Crippen MR) is 81.1 cm³/mol. The van der Waals surface area contributed by atoms with Crippen LogP contribution in [0, 0.1) is 0 Å². The van der Waals surface area contributed by atoms with Crippen molar-refractivity contribution in [3.05, 3.63) is 18.2 Å². The van der Waals surface area contributed by atoms with Crippen molar-refractivity contribution in [3.63, 3.8) is 0 Å². The number of anilines is 1. The van der Waals surface area contributed by atoms with Crippen molar-refractivity contribution < 1.29 is 14.3 Å². The average molecular weight is 301 g/mol. The largest absolute Gasteiger partial charge is 0.493 e. The molecule has 0 aliphatic carbocycles. The Labute approximate surface area is 125 Å². The summed E-state index contributed by atoms with van der Waals surface area (Å²) in [6.07, 6.45) is 1.94. The maximum atomic E-state index is 12.0. The van der Waals surface area contributed by atoms with Crippen molar-refractivity contribution in [3.8, 4) is 11.5 Å². The molecular formula is C14H21ClN2O3. The maximum absolute atomic E-state index is 12.0. The number of ether oxygens (including phenoxy) is 2. The molecule has 5 nitrogen and oxygen atoms in total. The highest BCUT2D eigenvalue weighted by Gasteiger charge is 2.22. The smallest absolute Gasteiger partial charge is 0.241 e. The zero-order valence-corrected chi connectivity index (χ0v) is 12.6. The van der Waals surface area contributed by atoms with E-state index in [9.17, 15) is 4.79 Å². The molecule has 2 N–H and O–H groups in total. The van der Waals surface area contributed by atoms with Gasteiger partial charge in [0, 0.05) is 11.8 Å². The maximum Gasteiger partial charge on any atom is 0.241 e. The second kappa shape index (κ2) is 7.97. The van der Waals surface area contributed by atoms with Gasteiger partial charge in [-0.3, -0.25) is 4.79 Å². The number of hydrogen-bond donors (Lipinski definition) is 2. The summed E-state index contributed by atoms with van der Waals surface area (Å²) in [6.45, 7) is 3.40. The van der Waals surface area contributed by atoms with Gasteiger partial charge in [0.2, 0.25) is 5.91 Å². The molecule has 0 unspecified atom stereocenters. The lowest BCUT2D eigenvalue weighted by molar-refractivity contribution is -0.117. The molecule has 1 fully saturated rings. The van der Waals surface area contributed by atoms with Gasteiger partial charge >= 0.3 is 0 Å². The molecule has 1 atom stereocenters. The normalized spacial score (nSPS) is 17.2. The highest BCUT2D eigenvalue weighted by Crippen LogP contribution is 2.30. The lowest BCUT2D eigenvalue weighted by atomic mass is 10.2. The van der Waals surface area contributed by atoms with Gasteiger partial charge in [-0.05, 0) is 38.4 Å². The molecule has 0 radical (unpaired) electrons. The molecule has 1 aliphatic heterocycles. The first-order valence-electron chi connectivity index (χ1n) is 6.59. The van der Waals surface area contributed by atoms with Gasteiger partial charge in [-0.2, -0.15) is 0 Å². The molecule has 0 bridgehead atoms. The quantitative estimate of drug-likeness (QED) is 0.875. The number of amides is 1. The Kier molecular flexibility index (Phi) is 6.61. The zero-order valence-electron chi connectivity index (χ0n) is 11.8. The summed E-state index contributed by atoms with van der Waals surface area (Å²) < 4.78 is 10.7. The van der Waals surface area contributed by atoms with Crippen LogP contribution in [0.5, 0.6) is 11.5 Å². The fourth-order valence-corrected chi connectivity index (χ4v) is 2.16. The van der Waals surface area contributed by atoms with Crippen molar-refractivity contribution in [2.24, 2.45) is 0 Å². The van der Waals surface area contributed by atoms with Crippen LogP contribution in [-0.4, -0.2) is 32.2 Å². The molecule has 0 aromatic heterocycles. The lowest BCUT2D eigenvalue weighted by Gasteiger charge is -2.14. The van der Waals surface area contributed by atoms with Gasteiger partial charge in [-0.1, -0.05) is 0 Å². The van der Waals surface area contributed by atoms with Gasteiger partial charge < -0.3 is 20.1 Å². The van der Waals surface area contributed by atoms with Crippen molar-refractivity contribution >= 4 is 24.0 Å². The molecule has 112 valence electrons. The van der Waals surface area contributed by atoms with Crippen LogP contribution in [0.25, 0.3) is 0 Å². The molecule has 1 amide bonds. The van der Waals surface area contributed by atoms with Crippen LogP contribution >= 0.6 is 12.4 Å². The number of rotatable bonds is 5. The summed E-state index contributed by atoms with van der Waals surface area (Å²) in [5.41, 5.74) is 0.721. The second-order valence-electron chi connectivity index (χ2n) is 4.44. The summed E-state index contributed by atoms with van der Waals surface area (Å²) in [7, 11) is 1.59. The molecule has 1 aromatic carbocycles. The first-order valence-corrected chi connectivity index (χ1v) is 6.59. The third-order valence-corrected chi connectivity index (χ3v) is 3.11. The molecular weight excluding hydrogens is 280 g/mol. The monoisotopic (exact) mass is 300 g/mol. The first kappa shape index (κ1) is 16.6. The van der Waals surface area contributed by atoms with E-state index in [1.54, 1.807) is 19.2 Å². The van der Waals surface area contributed by atoms with Crippen molar-refractivity contribution in [2.45, 2.75) is 25.8 Å². The standard InChI is InChI=1S/C14H20N2O3.ClH/c1-3-19-12-7-6-10(9-13(12)18-2)16-14(17)11-5-4-8-15-11;/h6-7,9,11,15H,3-5,8H2,1-2H3,(H,16,17);1H/t11-;/m0./s1. The molecule has 20 heavy (non-hydrogen) atoms. The fraction of sp³-hybridized carbons (Fsp3) is 0.500. The minimum absolute atomic E-state index is 0. The van der Waals surface area contributed by atoms with E-state index in [1.165, 1.54) is 0 Å². The van der Waals surface area contributed by atoms with Crippen molar-refractivity contribution in [2.75, 3.05) is 25.6 Å². The van der Waals surface area contributed by atoms with E-state index in [4.69, 9.17) is 9.47 Å².